The molecule has 3 rings (SSSR count). The van der Waals surface area contributed by atoms with Crippen molar-refractivity contribution < 1.29 is 4.57 Å². The molecule has 0 amide bonds. The maximum atomic E-state index is 3.33. The molecule has 0 aliphatic carbocycles. The number of anilines is 1. The number of thioether (sulfide) groups is 1. The van der Waals surface area contributed by atoms with Crippen molar-refractivity contribution in [3.8, 4) is 0 Å². The minimum atomic E-state index is 0.358. The highest BCUT2D eigenvalue weighted by atomic mass is 32.2. The summed E-state index contributed by atoms with van der Waals surface area (Å²) in [4.78, 5) is 4.30. The largest absolute Gasteiger partial charge is 0.378 e. The summed E-state index contributed by atoms with van der Waals surface area (Å²) < 4.78 is 2.23. The number of rotatable bonds is 7. The number of pyridine rings is 1. The number of benzene rings is 1. The van der Waals surface area contributed by atoms with E-state index in [9.17, 15) is 0 Å². The number of nitrogens with one attached hydrogen (secondary N) is 1. The van der Waals surface area contributed by atoms with Crippen molar-refractivity contribution in [1.82, 2.24) is 10.2 Å². The molecular weight excluding hydrogens is 340 g/mol. The van der Waals surface area contributed by atoms with Crippen LogP contribution in [0.4, 0.5) is 5.69 Å². The summed E-state index contributed by atoms with van der Waals surface area (Å²) in [6.07, 6.45) is 12.7. The van der Waals surface area contributed by atoms with Crippen LogP contribution in [-0.4, -0.2) is 37.3 Å². The van der Waals surface area contributed by atoms with Crippen molar-refractivity contribution in [3.05, 3.63) is 72.3 Å². The highest BCUT2D eigenvalue weighted by Crippen LogP contribution is 2.16. The van der Waals surface area contributed by atoms with Crippen LogP contribution in [-0.2, 0) is 6.54 Å². The lowest BCUT2D eigenvalue weighted by Crippen LogP contribution is -2.36. The second-order valence-electron chi connectivity index (χ2n) is 6.56. The predicted molar refractivity (Wildman–Crippen MR) is 113 cm³/mol. The van der Waals surface area contributed by atoms with Crippen LogP contribution in [0.15, 0.2) is 61.2 Å². The molecule has 1 aromatic heterocycles. The Kier molecular flexibility index (Phi) is 6.23. The third kappa shape index (κ3) is 5.05. The first kappa shape index (κ1) is 18.4. The van der Waals surface area contributed by atoms with E-state index in [1.807, 2.05) is 18.0 Å². The average Bonchev–Trinajstić information content (AvgIpc) is 3.06. The fourth-order valence-electron chi connectivity index (χ4n) is 2.68. The third-order valence-corrected chi connectivity index (χ3v) is 5.54. The van der Waals surface area contributed by atoms with Crippen molar-refractivity contribution in [3.63, 3.8) is 0 Å². The van der Waals surface area contributed by atoms with Crippen LogP contribution in [0, 0.1) is 0 Å². The van der Waals surface area contributed by atoms with Gasteiger partial charge in [-0.05, 0) is 23.3 Å². The highest BCUT2D eigenvalue weighted by molar-refractivity contribution is 7.99. The molecule has 0 spiro atoms. The first-order chi connectivity index (χ1) is 12.6. The smallest absolute Gasteiger partial charge is 0.169 e. The van der Waals surface area contributed by atoms with Crippen molar-refractivity contribution in [2.24, 2.45) is 0 Å². The lowest BCUT2D eigenvalue weighted by atomic mass is 10.1. The number of nitrogens with zero attached hydrogens (tertiary/aromatic N) is 3. The van der Waals surface area contributed by atoms with E-state index in [1.54, 1.807) is 0 Å². The molecule has 0 saturated carbocycles. The topological polar surface area (TPSA) is 22.4 Å². The second-order valence-corrected chi connectivity index (χ2v) is 7.75. The molecule has 0 fully saturated rings. The number of hydrogen-bond donors (Lipinski definition) is 1. The van der Waals surface area contributed by atoms with E-state index in [1.165, 1.54) is 16.8 Å². The molecule has 0 radical (unpaired) electrons. The molecule has 1 atom stereocenters. The van der Waals surface area contributed by atoms with E-state index in [0.29, 0.717) is 5.50 Å². The van der Waals surface area contributed by atoms with Crippen LogP contribution in [0.1, 0.15) is 11.1 Å². The van der Waals surface area contributed by atoms with Crippen LogP contribution in [0.2, 0.25) is 0 Å². The summed E-state index contributed by atoms with van der Waals surface area (Å²) in [6.45, 7) is 1.01. The van der Waals surface area contributed by atoms with Gasteiger partial charge < -0.3 is 15.1 Å². The van der Waals surface area contributed by atoms with E-state index in [0.717, 1.165) is 12.3 Å². The molecule has 1 unspecified atom stereocenters. The Morgan fingerprint density at radius 3 is 2.31 bits per heavy atom. The lowest BCUT2D eigenvalue weighted by Gasteiger charge is -2.19. The van der Waals surface area contributed by atoms with Crippen LogP contribution >= 0.6 is 11.8 Å². The van der Waals surface area contributed by atoms with Crippen molar-refractivity contribution in [2.45, 2.75) is 12.0 Å². The predicted octanol–water partition coefficient (Wildman–Crippen LogP) is 3.23. The highest BCUT2D eigenvalue weighted by Gasteiger charge is 2.15. The van der Waals surface area contributed by atoms with Gasteiger partial charge in [0, 0.05) is 51.4 Å². The van der Waals surface area contributed by atoms with Crippen molar-refractivity contribution in [2.75, 3.05) is 31.8 Å². The molecule has 2 heterocycles. The summed E-state index contributed by atoms with van der Waals surface area (Å²) >= 11 is 1.92. The van der Waals surface area contributed by atoms with E-state index >= 15 is 0 Å². The van der Waals surface area contributed by atoms with Gasteiger partial charge in [0.25, 0.3) is 0 Å². The molecule has 5 heteroatoms. The first-order valence-electron chi connectivity index (χ1n) is 8.83. The Balaban J connectivity index is 1.49. The van der Waals surface area contributed by atoms with Crippen LogP contribution < -0.4 is 14.8 Å². The SMILES string of the molecule is CN(C)c1ccc(/C=C/c2cc[n+](CCSC3NC=CN3C)cc2)cc1. The zero-order valence-electron chi connectivity index (χ0n) is 15.7. The summed E-state index contributed by atoms with van der Waals surface area (Å²) in [6, 6.07) is 12.9. The zero-order valence-corrected chi connectivity index (χ0v) is 16.5. The first-order valence-corrected chi connectivity index (χ1v) is 9.87. The quantitative estimate of drug-likeness (QED) is 0.759. The van der Waals surface area contributed by atoms with Gasteiger partial charge in [-0.2, -0.15) is 0 Å². The maximum absolute atomic E-state index is 3.33. The van der Waals surface area contributed by atoms with Crippen LogP contribution in [0.5, 0.6) is 0 Å². The van der Waals surface area contributed by atoms with Crippen LogP contribution in [0.3, 0.4) is 0 Å². The second kappa shape index (κ2) is 8.81. The Hall–Kier alpha value is -2.40. The molecule has 1 N–H and O–H groups in total. The fourth-order valence-corrected chi connectivity index (χ4v) is 3.70. The Bertz CT molecular complexity index is 751. The Morgan fingerprint density at radius 1 is 1.08 bits per heavy atom. The third-order valence-electron chi connectivity index (χ3n) is 4.34. The van der Waals surface area contributed by atoms with E-state index in [4.69, 9.17) is 0 Å². The summed E-state index contributed by atoms with van der Waals surface area (Å²) in [5.74, 6) is 1.07. The Morgan fingerprint density at radius 2 is 1.73 bits per heavy atom. The fraction of sp³-hybridized carbons (Fsp3) is 0.286. The van der Waals surface area contributed by atoms with Crippen molar-refractivity contribution in [1.29, 1.82) is 0 Å². The van der Waals surface area contributed by atoms with Gasteiger partial charge in [0.05, 0.1) is 5.75 Å². The van der Waals surface area contributed by atoms with E-state index in [-0.39, 0.29) is 0 Å². The Labute approximate surface area is 160 Å². The van der Waals surface area contributed by atoms with E-state index in [2.05, 4.69) is 108 Å². The summed E-state index contributed by atoms with van der Waals surface area (Å²) in [7, 11) is 6.21. The molecule has 0 bridgehead atoms. The van der Waals surface area contributed by atoms with Gasteiger partial charge in [-0.1, -0.05) is 24.3 Å². The van der Waals surface area contributed by atoms with Gasteiger partial charge in [0.1, 0.15) is 5.50 Å². The minimum absolute atomic E-state index is 0.358. The molecule has 0 saturated heterocycles. The van der Waals surface area contributed by atoms with Gasteiger partial charge in [-0.3, -0.25) is 0 Å². The molecule has 1 aliphatic heterocycles. The van der Waals surface area contributed by atoms with Gasteiger partial charge in [-0.15, -0.1) is 11.8 Å². The lowest BCUT2D eigenvalue weighted by molar-refractivity contribution is -0.692. The molecule has 1 aliphatic rings. The molecule has 4 nitrogen and oxygen atoms in total. The van der Waals surface area contributed by atoms with Gasteiger partial charge in [-0.25, -0.2) is 4.57 Å². The molecular formula is C21H27N4S+. The van der Waals surface area contributed by atoms with Gasteiger partial charge in [0.2, 0.25) is 0 Å². The van der Waals surface area contributed by atoms with Gasteiger partial charge in [0.15, 0.2) is 18.9 Å². The summed E-state index contributed by atoms with van der Waals surface area (Å²) in [5, 5.41) is 3.33. The number of aromatic nitrogens is 1. The summed E-state index contributed by atoms with van der Waals surface area (Å²) in [5.41, 5.74) is 4.00. The average molecular weight is 368 g/mol. The standard InChI is InChI=1S/C21H27N4S/c1-23(2)20-8-6-18(7-9-20)4-5-19-10-13-25(14-11-19)16-17-26-21-22-12-15-24(21)3/h4-15,21-22H,16-17H2,1-3H3/q+1. The normalized spacial score (nSPS) is 16.3. The molecule has 2 aromatic rings. The molecule has 26 heavy (non-hydrogen) atoms. The van der Waals surface area contributed by atoms with E-state index < -0.39 is 0 Å². The maximum Gasteiger partial charge on any atom is 0.169 e. The zero-order chi connectivity index (χ0) is 18.4. The number of aryl methyl sites for hydroxylation is 1. The minimum Gasteiger partial charge on any atom is -0.378 e. The monoisotopic (exact) mass is 367 g/mol. The van der Waals surface area contributed by atoms with Crippen LogP contribution in [0.25, 0.3) is 12.2 Å². The molecule has 1 aromatic carbocycles. The number of hydrogen-bond acceptors (Lipinski definition) is 4. The molecule has 136 valence electrons. The van der Waals surface area contributed by atoms with Crippen molar-refractivity contribution >= 4 is 29.6 Å². The van der Waals surface area contributed by atoms with Gasteiger partial charge >= 0.3 is 0 Å².